The fraction of sp³-hybridized carbons (Fsp3) is 0.294. The highest BCUT2D eigenvalue weighted by Crippen LogP contribution is 2.35. The Balaban J connectivity index is 1.47. The molecule has 1 aromatic carbocycles. The van der Waals surface area contributed by atoms with Crippen molar-refractivity contribution >= 4 is 0 Å². The molecule has 1 saturated heterocycles. The van der Waals surface area contributed by atoms with Gasteiger partial charge in [0.25, 0.3) is 5.89 Å². The lowest BCUT2D eigenvalue weighted by Crippen LogP contribution is -2.40. The fourth-order valence-electron chi connectivity index (χ4n) is 2.85. The molecule has 4 rings (SSSR count). The smallest absolute Gasteiger partial charge is 0.283 e. The van der Waals surface area contributed by atoms with Gasteiger partial charge in [0, 0.05) is 12.6 Å². The van der Waals surface area contributed by atoms with Crippen molar-refractivity contribution in [2.75, 3.05) is 13.7 Å². The Morgan fingerprint density at radius 3 is 2.96 bits per heavy atom. The molecule has 1 atom stereocenters. The first-order valence-corrected chi connectivity index (χ1v) is 7.58. The summed E-state index contributed by atoms with van der Waals surface area (Å²) in [6, 6.07) is 12.2. The molecular formula is C17H17N3O3. The third-order valence-corrected chi connectivity index (χ3v) is 4.15. The molecule has 1 fully saturated rings. The zero-order chi connectivity index (χ0) is 15.6. The predicted octanol–water partition coefficient (Wildman–Crippen LogP) is 3.29. The van der Waals surface area contributed by atoms with Gasteiger partial charge >= 0.3 is 0 Å². The van der Waals surface area contributed by atoms with Crippen LogP contribution in [-0.4, -0.2) is 28.8 Å². The summed E-state index contributed by atoms with van der Waals surface area (Å²) in [4.78, 5) is 2.31. The molecular weight excluding hydrogens is 294 g/mol. The average Bonchev–Trinajstić information content (AvgIpc) is 3.23. The minimum absolute atomic E-state index is 0.365. The van der Waals surface area contributed by atoms with Crippen LogP contribution in [0, 0.1) is 0 Å². The molecule has 1 aliphatic rings. The quantitative estimate of drug-likeness (QED) is 0.720. The molecule has 3 aromatic rings. The summed E-state index contributed by atoms with van der Waals surface area (Å²) in [7, 11) is 1.69. The van der Waals surface area contributed by atoms with E-state index < -0.39 is 0 Å². The largest absolute Gasteiger partial charge is 0.497 e. The molecule has 1 aliphatic heterocycles. The van der Waals surface area contributed by atoms with Crippen molar-refractivity contribution in [3.63, 3.8) is 0 Å². The van der Waals surface area contributed by atoms with Crippen molar-refractivity contribution in [1.29, 1.82) is 0 Å². The third kappa shape index (κ3) is 2.73. The van der Waals surface area contributed by atoms with E-state index in [2.05, 4.69) is 27.2 Å². The molecule has 6 nitrogen and oxygen atoms in total. The maximum Gasteiger partial charge on any atom is 0.283 e. The fourth-order valence-corrected chi connectivity index (χ4v) is 2.85. The first-order chi connectivity index (χ1) is 11.3. The molecule has 0 radical (unpaired) electrons. The van der Waals surface area contributed by atoms with Crippen LogP contribution in [0.4, 0.5) is 0 Å². The second-order valence-electron chi connectivity index (χ2n) is 5.53. The van der Waals surface area contributed by atoms with Crippen LogP contribution in [0.3, 0.4) is 0 Å². The van der Waals surface area contributed by atoms with Crippen molar-refractivity contribution in [3.05, 3.63) is 54.1 Å². The summed E-state index contributed by atoms with van der Waals surface area (Å²) < 4.78 is 16.3. The van der Waals surface area contributed by atoms with Crippen LogP contribution in [0.1, 0.15) is 23.9 Å². The molecule has 0 aliphatic carbocycles. The van der Waals surface area contributed by atoms with Crippen LogP contribution in [0.5, 0.6) is 5.75 Å². The van der Waals surface area contributed by atoms with Crippen molar-refractivity contribution in [2.24, 2.45) is 0 Å². The number of hydrogen-bond donors (Lipinski definition) is 0. The summed E-state index contributed by atoms with van der Waals surface area (Å²) in [5.41, 5.74) is 1.25. The van der Waals surface area contributed by atoms with Gasteiger partial charge in [0.15, 0.2) is 5.76 Å². The second kappa shape index (κ2) is 5.89. The van der Waals surface area contributed by atoms with Gasteiger partial charge in [-0.15, -0.1) is 10.2 Å². The number of methoxy groups -OCH3 is 1. The van der Waals surface area contributed by atoms with E-state index in [0.717, 1.165) is 18.7 Å². The van der Waals surface area contributed by atoms with Crippen molar-refractivity contribution < 1.29 is 13.6 Å². The maximum atomic E-state index is 5.68. The monoisotopic (exact) mass is 311 g/mol. The van der Waals surface area contributed by atoms with E-state index in [0.29, 0.717) is 30.1 Å². The Bertz CT molecular complexity index is 782. The van der Waals surface area contributed by atoms with Crippen molar-refractivity contribution in [3.8, 4) is 17.4 Å². The number of furan rings is 1. The highest BCUT2D eigenvalue weighted by molar-refractivity contribution is 5.42. The first-order valence-electron chi connectivity index (χ1n) is 7.58. The van der Waals surface area contributed by atoms with Crippen molar-refractivity contribution in [2.45, 2.75) is 19.0 Å². The van der Waals surface area contributed by atoms with E-state index in [-0.39, 0.29) is 0 Å². The molecule has 0 bridgehead atoms. The summed E-state index contributed by atoms with van der Waals surface area (Å²) >= 11 is 0. The number of aromatic nitrogens is 2. The number of likely N-dealkylation sites (tertiary alicyclic amines) is 1. The molecule has 6 heteroatoms. The molecule has 0 unspecified atom stereocenters. The minimum atomic E-state index is 0.365. The van der Waals surface area contributed by atoms with Crippen LogP contribution >= 0.6 is 0 Å². The van der Waals surface area contributed by atoms with Gasteiger partial charge in [0.1, 0.15) is 5.75 Å². The third-order valence-electron chi connectivity index (χ3n) is 4.15. The predicted molar refractivity (Wildman–Crippen MR) is 82.8 cm³/mol. The Hall–Kier alpha value is -2.60. The molecule has 3 heterocycles. The van der Waals surface area contributed by atoms with E-state index in [4.69, 9.17) is 13.6 Å². The highest BCUT2D eigenvalue weighted by atomic mass is 16.5. The molecule has 118 valence electrons. The number of rotatable bonds is 5. The zero-order valence-electron chi connectivity index (χ0n) is 12.8. The van der Waals surface area contributed by atoms with E-state index >= 15 is 0 Å². The van der Waals surface area contributed by atoms with Crippen LogP contribution in [-0.2, 0) is 6.54 Å². The summed E-state index contributed by atoms with van der Waals surface area (Å²) in [5.74, 6) is 2.50. The lowest BCUT2D eigenvalue weighted by atomic mass is 9.94. The molecule has 0 spiro atoms. The van der Waals surface area contributed by atoms with Crippen LogP contribution in [0.15, 0.2) is 51.5 Å². The Labute approximate surface area is 133 Å². The van der Waals surface area contributed by atoms with Gasteiger partial charge < -0.3 is 13.6 Å². The Kier molecular flexibility index (Phi) is 3.59. The standard InChI is InChI=1S/C17H17N3O3/c1-21-13-5-2-4-12(10-13)14-7-8-20(14)11-16-18-19-17(23-16)15-6-3-9-22-15/h2-6,9-10,14H,7-8,11H2,1H3/t14-/m1/s1. The van der Waals surface area contributed by atoms with Gasteiger partial charge in [-0.1, -0.05) is 12.1 Å². The highest BCUT2D eigenvalue weighted by Gasteiger charge is 2.31. The van der Waals surface area contributed by atoms with Gasteiger partial charge in [-0.3, -0.25) is 4.90 Å². The average molecular weight is 311 g/mol. The van der Waals surface area contributed by atoms with Gasteiger partial charge in [-0.05, 0) is 36.2 Å². The Morgan fingerprint density at radius 2 is 2.22 bits per heavy atom. The van der Waals surface area contributed by atoms with Gasteiger partial charge in [0.05, 0.1) is 19.9 Å². The lowest BCUT2D eigenvalue weighted by molar-refractivity contribution is 0.0716. The maximum absolute atomic E-state index is 5.68. The van der Waals surface area contributed by atoms with E-state index in [1.807, 2.05) is 12.1 Å². The summed E-state index contributed by atoms with van der Waals surface area (Å²) in [6.07, 6.45) is 2.71. The van der Waals surface area contributed by atoms with E-state index in [1.54, 1.807) is 25.5 Å². The lowest BCUT2D eigenvalue weighted by Gasteiger charge is -2.40. The van der Waals surface area contributed by atoms with Crippen LogP contribution in [0.25, 0.3) is 11.7 Å². The minimum Gasteiger partial charge on any atom is -0.497 e. The SMILES string of the molecule is COc1cccc([C@H]2CCN2Cc2nnc(-c3ccco3)o2)c1. The van der Waals surface area contributed by atoms with E-state index in [9.17, 15) is 0 Å². The number of benzene rings is 1. The molecule has 0 amide bonds. The normalized spacial score (nSPS) is 17.9. The molecule has 0 saturated carbocycles. The van der Waals surface area contributed by atoms with Gasteiger partial charge in [0.2, 0.25) is 5.89 Å². The van der Waals surface area contributed by atoms with E-state index in [1.165, 1.54) is 5.56 Å². The topological polar surface area (TPSA) is 64.5 Å². The van der Waals surface area contributed by atoms with Gasteiger partial charge in [-0.2, -0.15) is 0 Å². The first kappa shape index (κ1) is 14.0. The van der Waals surface area contributed by atoms with Crippen molar-refractivity contribution in [1.82, 2.24) is 15.1 Å². The Morgan fingerprint density at radius 1 is 1.26 bits per heavy atom. The molecule has 23 heavy (non-hydrogen) atoms. The zero-order valence-corrected chi connectivity index (χ0v) is 12.8. The van der Waals surface area contributed by atoms with Crippen LogP contribution in [0.2, 0.25) is 0 Å². The number of ether oxygens (including phenoxy) is 1. The summed E-state index contributed by atoms with van der Waals surface area (Å²) in [5, 5.41) is 8.15. The molecule has 2 aromatic heterocycles. The number of nitrogens with zero attached hydrogens (tertiary/aromatic N) is 3. The number of hydrogen-bond acceptors (Lipinski definition) is 6. The molecule has 0 N–H and O–H groups in total. The summed E-state index contributed by atoms with van der Waals surface area (Å²) in [6.45, 7) is 1.65. The van der Waals surface area contributed by atoms with Gasteiger partial charge in [-0.25, -0.2) is 0 Å². The van der Waals surface area contributed by atoms with Crippen LogP contribution < -0.4 is 4.74 Å². The second-order valence-corrected chi connectivity index (χ2v) is 5.53.